The fourth-order valence-corrected chi connectivity index (χ4v) is 12.4. The summed E-state index contributed by atoms with van der Waals surface area (Å²) >= 11 is 4.24. The van der Waals surface area contributed by atoms with Gasteiger partial charge in [0.25, 0.3) is 22.9 Å². The Morgan fingerprint density at radius 3 is 1.10 bits per heavy atom. The maximum absolute atomic E-state index is 13.5. The highest BCUT2D eigenvalue weighted by Crippen LogP contribution is 2.39. The predicted octanol–water partition coefficient (Wildman–Crippen LogP) is 11.0. The molecular formula is C73H90I2N16O13S. The van der Waals surface area contributed by atoms with Gasteiger partial charge in [0, 0.05) is 153 Å². The van der Waals surface area contributed by atoms with Crippen molar-refractivity contribution in [1.82, 2.24) is 57.3 Å². The number of aliphatic hydroxyl groups excluding tert-OH is 1. The van der Waals surface area contributed by atoms with Crippen LogP contribution in [0.3, 0.4) is 0 Å². The second-order valence-corrected chi connectivity index (χ2v) is 26.3. The number of likely N-dealkylation sites (tertiary alicyclic amines) is 2. The van der Waals surface area contributed by atoms with Crippen molar-refractivity contribution in [2.24, 2.45) is 11.8 Å². The molecule has 0 saturated carbocycles. The Hall–Kier alpha value is -9.75. The molecule has 12 rings (SSSR count). The van der Waals surface area contributed by atoms with Gasteiger partial charge in [-0.15, -0.1) is 0 Å². The first-order valence-corrected chi connectivity index (χ1v) is 40.6. The van der Waals surface area contributed by atoms with Gasteiger partial charge in [0.05, 0.1) is 11.4 Å². The van der Waals surface area contributed by atoms with Crippen molar-refractivity contribution in [3.8, 4) is 33.6 Å². The number of hydrogen-bond donors (Lipinski definition) is 7. The summed E-state index contributed by atoms with van der Waals surface area (Å²) in [5.74, 6) is 0.103. The number of nitrogen functional groups attached to an aromatic ring is 2. The first kappa shape index (κ1) is 84.2. The van der Waals surface area contributed by atoms with Crippen molar-refractivity contribution in [2.45, 2.75) is 120 Å². The maximum atomic E-state index is 13.5. The van der Waals surface area contributed by atoms with Crippen molar-refractivity contribution in [3.63, 3.8) is 0 Å². The summed E-state index contributed by atoms with van der Waals surface area (Å²) in [5.41, 5.74) is 18.5. The third-order valence-corrected chi connectivity index (χ3v) is 17.4. The Labute approximate surface area is 631 Å². The van der Waals surface area contributed by atoms with Crippen LogP contribution in [0.15, 0.2) is 166 Å². The van der Waals surface area contributed by atoms with E-state index in [1.807, 2.05) is 98.5 Å². The normalized spacial score (nSPS) is 13.1. The molecule has 2 saturated heterocycles. The smallest absolute Gasteiger partial charge is 0.394 e. The Kier molecular flexibility index (Phi) is 29.9. The number of hydrogen-bond acceptors (Lipinski definition) is 17. The van der Waals surface area contributed by atoms with Crippen molar-refractivity contribution < 1.29 is 41.8 Å². The molecule has 4 aromatic carbocycles. The highest BCUT2D eigenvalue weighted by Gasteiger charge is 2.31. The Balaban J connectivity index is 0.000000291. The largest absolute Gasteiger partial charge is 0.400 e. The van der Waals surface area contributed by atoms with E-state index in [0.717, 1.165) is 75.6 Å². The van der Waals surface area contributed by atoms with Crippen LogP contribution in [-0.2, 0) is 20.0 Å². The van der Waals surface area contributed by atoms with Crippen molar-refractivity contribution in [3.05, 3.63) is 211 Å². The van der Waals surface area contributed by atoms with Crippen molar-refractivity contribution in [2.75, 3.05) is 55.4 Å². The van der Waals surface area contributed by atoms with Crippen LogP contribution in [0.25, 0.3) is 44.7 Å². The summed E-state index contributed by atoms with van der Waals surface area (Å²) < 4.78 is 40.1. The molecule has 2 aliphatic heterocycles. The molecule has 0 aliphatic carbocycles. The number of piperidine rings is 2. The minimum absolute atomic E-state index is 0. The molecule has 0 atom stereocenters. The monoisotopic (exact) mass is 1680 g/mol. The standard InChI is InChI=1S/2C35H38N8O4.CH4O.2CH4.I2.H2O4S/c2*1-21(2)33(45)40-16-14-24(15-17-40)29-18-27(30-31(36)37-20-38-43(29)30)23-10-12-25(13-11-23)39-32(44)28-19-41(22(3)4)35(47)42(34(28)46)26-8-6-5-7-9-26;1-2;;;1-2;1-5(2,3)4/h2*5-13,18-22,24H,14-17H2,1-4H3,(H,39,44)(H2,36,37,38);2H,1H3;2*1H4;;(H2,1,2,3,4). The first-order valence-electron chi connectivity index (χ1n) is 32.9. The maximum Gasteiger partial charge on any atom is 0.394 e. The van der Waals surface area contributed by atoms with Crippen LogP contribution in [-0.4, -0.2) is 137 Å². The van der Waals surface area contributed by atoms with Crippen LogP contribution < -0.4 is 44.6 Å². The lowest BCUT2D eigenvalue weighted by molar-refractivity contribution is -0.136. The quantitative estimate of drug-likeness (QED) is 0.0393. The summed E-state index contributed by atoms with van der Waals surface area (Å²) in [6, 6.07) is 35.2. The number of nitrogens with one attached hydrogen (secondary N) is 2. The van der Waals surface area contributed by atoms with Crippen LogP contribution in [0, 0.1) is 11.8 Å². The van der Waals surface area contributed by atoms with Gasteiger partial charge in [0.1, 0.15) is 34.8 Å². The van der Waals surface area contributed by atoms with E-state index in [1.54, 1.807) is 84.9 Å². The lowest BCUT2D eigenvalue weighted by atomic mass is 9.92. The van der Waals surface area contributed by atoms with E-state index in [4.69, 9.17) is 34.1 Å². The molecule has 9 N–H and O–H groups in total. The van der Waals surface area contributed by atoms with Crippen LogP contribution >= 0.6 is 37.2 Å². The summed E-state index contributed by atoms with van der Waals surface area (Å²) in [5, 5.41) is 21.7. The number of benzene rings is 4. The molecule has 0 bridgehead atoms. The van der Waals surface area contributed by atoms with E-state index in [9.17, 15) is 38.4 Å². The average Bonchev–Trinajstić information content (AvgIpc) is 1.26. The Morgan fingerprint density at radius 2 is 0.819 bits per heavy atom. The molecule has 0 unspecified atom stereocenters. The molecule has 10 aromatic rings. The molecule has 8 heterocycles. The summed E-state index contributed by atoms with van der Waals surface area (Å²) in [6.07, 6.45) is 8.78. The molecule has 2 aliphatic rings. The van der Waals surface area contributed by atoms with Gasteiger partial charge in [-0.3, -0.25) is 47.0 Å². The molecule has 29 nitrogen and oxygen atoms in total. The number of carbonyl (C=O) groups is 4. The number of amides is 4. The van der Waals surface area contributed by atoms with Crippen molar-refractivity contribution in [1.29, 1.82) is 0 Å². The van der Waals surface area contributed by atoms with E-state index < -0.39 is 44.7 Å². The van der Waals surface area contributed by atoms with Crippen LogP contribution in [0.2, 0.25) is 0 Å². The Bertz CT molecular complexity index is 4740. The minimum Gasteiger partial charge on any atom is -0.400 e. The molecule has 2 fully saturated rings. The van der Waals surface area contributed by atoms with E-state index in [-0.39, 0.29) is 73.5 Å². The van der Waals surface area contributed by atoms with Crippen LogP contribution in [0.1, 0.15) is 152 Å². The van der Waals surface area contributed by atoms with E-state index in [1.165, 1.54) is 34.2 Å². The summed E-state index contributed by atoms with van der Waals surface area (Å²) in [6.45, 7) is 17.7. The van der Waals surface area contributed by atoms with Crippen molar-refractivity contribution >= 4 is 105 Å². The topological polar surface area (TPSA) is 394 Å². The average molecular weight is 1690 g/mol. The number of rotatable bonds is 14. The highest BCUT2D eigenvalue weighted by atomic mass is 128. The van der Waals surface area contributed by atoms with Gasteiger partial charge in [-0.2, -0.15) is 18.6 Å². The number of aliphatic hydroxyl groups is 1. The van der Waals surface area contributed by atoms with Gasteiger partial charge in [0.15, 0.2) is 11.6 Å². The number of nitrogens with zero attached hydrogens (tertiary/aromatic N) is 12. The SMILES string of the molecule is C.C.CC(C)C(=O)N1CCC(c2cc(-c3ccc(NC(=O)c4cn(C(C)C)c(=O)n(-c5ccccc5)c4=O)cc3)c3c(N)ncnn23)CC1.CC(C)C(=O)N1CCC(c2cc(-c3ccc(NC(=O)c4cn(C(C)C)c(=O)n(-c5ccccc5)c4=O)cc3)c3c(N)ncnn23)CC1.CO.II.O=S(=O)(O)O. The van der Waals surface area contributed by atoms with Crippen LogP contribution in [0.5, 0.6) is 0 Å². The number of nitrogens with two attached hydrogens (primary N) is 2. The lowest BCUT2D eigenvalue weighted by Crippen LogP contribution is -2.42. The fraction of sp³-hybridized carbons (Fsp3) is 0.342. The van der Waals surface area contributed by atoms with Gasteiger partial charge in [-0.25, -0.2) is 37.7 Å². The number of anilines is 4. The zero-order chi connectivity index (χ0) is 75.3. The lowest BCUT2D eigenvalue weighted by Gasteiger charge is -2.33. The zero-order valence-electron chi connectivity index (χ0n) is 58.1. The predicted molar refractivity (Wildman–Crippen MR) is 426 cm³/mol. The molecule has 105 heavy (non-hydrogen) atoms. The fourth-order valence-electron chi connectivity index (χ4n) is 12.4. The number of halogens is 2. The second kappa shape index (κ2) is 37.3. The minimum atomic E-state index is -4.67. The summed E-state index contributed by atoms with van der Waals surface area (Å²) in [4.78, 5) is 118. The van der Waals surface area contributed by atoms with Gasteiger partial charge >= 0.3 is 21.8 Å². The first-order chi connectivity index (χ1) is 49.1. The molecule has 32 heteroatoms. The van der Waals surface area contributed by atoms with Crippen LogP contribution in [0.4, 0.5) is 23.0 Å². The third-order valence-electron chi connectivity index (χ3n) is 17.4. The number of aromatic nitrogens is 10. The molecule has 560 valence electrons. The molecular weight excluding hydrogens is 1590 g/mol. The molecule has 0 radical (unpaired) electrons. The Morgan fingerprint density at radius 1 is 0.514 bits per heavy atom. The molecule has 0 spiro atoms. The summed E-state index contributed by atoms with van der Waals surface area (Å²) in [7, 11) is -3.67. The van der Waals surface area contributed by atoms with E-state index in [0.29, 0.717) is 71.6 Å². The molecule has 4 amide bonds. The zero-order valence-corrected chi connectivity index (χ0v) is 63.2. The number of carbonyl (C=O) groups excluding carboxylic acids is 4. The molecule has 6 aromatic heterocycles. The van der Waals surface area contributed by atoms with Gasteiger partial charge in [-0.1, -0.05) is 103 Å². The highest BCUT2D eigenvalue weighted by molar-refractivity contribution is 15.0. The van der Waals surface area contributed by atoms with E-state index >= 15 is 0 Å². The van der Waals surface area contributed by atoms with Gasteiger partial charge in [-0.05, 0) is 125 Å². The second-order valence-electron chi connectivity index (χ2n) is 25.4. The number of para-hydroxylation sites is 2. The number of fused-ring (bicyclic) bond motifs is 2. The third kappa shape index (κ3) is 19.6. The van der Waals surface area contributed by atoms with Gasteiger partial charge < -0.3 is 37.0 Å². The van der Waals surface area contributed by atoms with E-state index in [2.05, 4.69) is 80.2 Å². The van der Waals surface area contributed by atoms with Gasteiger partial charge in [0.2, 0.25) is 11.8 Å².